The van der Waals surface area contributed by atoms with Gasteiger partial charge in [0.25, 0.3) is 0 Å². The molecule has 0 spiro atoms. The van der Waals surface area contributed by atoms with Crippen molar-refractivity contribution in [1.29, 1.82) is 0 Å². The van der Waals surface area contributed by atoms with Gasteiger partial charge in [-0.05, 0) is 58.4 Å². The number of fused-ring (bicyclic) bond motifs is 6. The molecule has 6 heterocycles. The Morgan fingerprint density at radius 1 is 0.481 bits per heavy atom. The number of rotatable bonds is 4. The molecule has 0 atom stereocenters. The average molecular weight is 1040 g/mol. The molecule has 260 valence electrons. The van der Waals surface area contributed by atoms with E-state index in [0.29, 0.717) is 0 Å². The summed E-state index contributed by atoms with van der Waals surface area (Å²) in [5.74, 6) is 1.74. The van der Waals surface area contributed by atoms with Gasteiger partial charge in [0.05, 0.1) is 24.0 Å². The van der Waals surface area contributed by atoms with Crippen LogP contribution in [-0.4, -0.2) is 38.2 Å². The number of nitrogens with zero attached hydrogens (tertiary/aromatic N) is 10. The van der Waals surface area contributed by atoms with Crippen LogP contribution < -0.4 is 9.97 Å². The van der Waals surface area contributed by atoms with Crippen molar-refractivity contribution in [3.05, 3.63) is 123 Å². The van der Waals surface area contributed by atoms with Crippen molar-refractivity contribution in [3.8, 4) is 45.3 Å². The van der Waals surface area contributed by atoms with Crippen LogP contribution in [0.25, 0.3) is 88.9 Å². The number of imidazole rings is 4. The molecule has 0 radical (unpaired) electrons. The second-order valence-corrected chi connectivity index (χ2v) is 12.5. The first-order chi connectivity index (χ1) is 24.4. The van der Waals surface area contributed by atoms with Crippen molar-refractivity contribution < 1.29 is 42.1 Å². The molecule has 0 unspecified atom stereocenters. The minimum absolute atomic E-state index is 0. The Morgan fingerprint density at radius 3 is 1.13 bits per heavy atom. The Balaban J connectivity index is 0.000000156. The summed E-state index contributed by atoms with van der Waals surface area (Å²) in [5.41, 5.74) is 9.87. The van der Waals surface area contributed by atoms with Crippen LogP contribution in [0.5, 0.6) is 0 Å². The van der Waals surface area contributed by atoms with E-state index in [-0.39, 0.29) is 42.1 Å². The summed E-state index contributed by atoms with van der Waals surface area (Å²) in [5, 5.41) is 4.54. The number of hydrogen-bond donors (Lipinski definition) is 0. The maximum Gasteiger partial charge on any atom is 2.00 e. The SMILES string of the molecule is Cn1cnc(-c2cccc3c2[n-]c2c(-c4n[c-]cn4C)cccc23)c1.Cn1cnc(-c2cccc3c2[n-]c2c(-c4n[c-]cn4C)cccc23)c1.[Pt+2].[Pt+2]. The first kappa shape index (κ1) is 35.1. The van der Waals surface area contributed by atoms with Crippen LogP contribution in [0, 0.1) is 12.4 Å². The molecule has 52 heavy (non-hydrogen) atoms. The Kier molecular flexibility index (Phi) is 9.47. The van der Waals surface area contributed by atoms with E-state index in [9.17, 15) is 0 Å². The minimum atomic E-state index is 0. The molecule has 0 fully saturated rings. The Morgan fingerprint density at radius 2 is 0.827 bits per heavy atom. The molecule has 6 aromatic heterocycles. The molecule has 0 N–H and O–H groups in total. The summed E-state index contributed by atoms with van der Waals surface area (Å²) < 4.78 is 7.83. The van der Waals surface area contributed by atoms with Crippen LogP contribution in [0.3, 0.4) is 0 Å². The molecule has 4 aromatic carbocycles. The Labute approximate surface area is 328 Å². The van der Waals surface area contributed by atoms with Gasteiger partial charge in [-0.2, -0.15) is 0 Å². The van der Waals surface area contributed by atoms with E-state index in [0.717, 1.165) is 88.9 Å². The molecule has 10 rings (SSSR count). The molecule has 0 amide bonds. The summed E-state index contributed by atoms with van der Waals surface area (Å²) in [6.45, 7) is 0. The minimum Gasteiger partial charge on any atom is -0.657 e. The van der Waals surface area contributed by atoms with E-state index >= 15 is 0 Å². The molecule has 0 saturated carbocycles. The van der Waals surface area contributed by atoms with Gasteiger partial charge in [0.15, 0.2) is 0 Å². The second-order valence-electron chi connectivity index (χ2n) is 12.5. The van der Waals surface area contributed by atoms with Crippen LogP contribution in [0.15, 0.2) is 110 Å². The van der Waals surface area contributed by atoms with Crippen LogP contribution in [0.2, 0.25) is 0 Å². The van der Waals surface area contributed by atoms with Gasteiger partial charge in [0.1, 0.15) is 0 Å². The van der Waals surface area contributed by atoms with E-state index < -0.39 is 0 Å². The third-order valence-electron chi connectivity index (χ3n) is 9.13. The summed E-state index contributed by atoms with van der Waals surface area (Å²) in [7, 11) is 7.89. The molecular weight excluding hydrogens is 1010 g/mol. The smallest absolute Gasteiger partial charge is 0.657 e. The van der Waals surface area contributed by atoms with E-state index in [1.807, 2.05) is 83.9 Å². The van der Waals surface area contributed by atoms with Crippen LogP contribution >= 0.6 is 0 Å². The van der Waals surface area contributed by atoms with Crippen molar-refractivity contribution in [2.24, 2.45) is 28.2 Å². The fraction of sp³-hybridized carbons (Fsp3) is 0.100. The largest absolute Gasteiger partial charge is 2.00 e. The van der Waals surface area contributed by atoms with Gasteiger partial charge < -0.3 is 38.2 Å². The van der Waals surface area contributed by atoms with Crippen LogP contribution in [-0.2, 0) is 70.3 Å². The van der Waals surface area contributed by atoms with Crippen molar-refractivity contribution in [2.75, 3.05) is 0 Å². The molecule has 10 aromatic rings. The molecular formula is C40H30N10Pt2. The molecule has 0 aliphatic carbocycles. The monoisotopic (exact) mass is 1040 g/mol. The van der Waals surface area contributed by atoms with Crippen molar-refractivity contribution in [3.63, 3.8) is 0 Å². The van der Waals surface area contributed by atoms with Crippen molar-refractivity contribution in [1.82, 2.24) is 48.2 Å². The van der Waals surface area contributed by atoms with Crippen LogP contribution in [0.1, 0.15) is 0 Å². The average Bonchev–Trinajstić information content (AvgIpc) is 3.98. The number of benzene rings is 4. The van der Waals surface area contributed by atoms with E-state index in [4.69, 9.17) is 9.97 Å². The molecule has 0 bridgehead atoms. The maximum atomic E-state index is 4.98. The van der Waals surface area contributed by atoms with Gasteiger partial charge in [0, 0.05) is 26.5 Å². The topological polar surface area (TPSA) is 99.5 Å². The first-order valence-electron chi connectivity index (χ1n) is 16.2. The predicted octanol–water partition coefficient (Wildman–Crippen LogP) is 7.10. The van der Waals surface area contributed by atoms with Gasteiger partial charge in [-0.1, -0.05) is 96.3 Å². The van der Waals surface area contributed by atoms with E-state index in [1.165, 1.54) is 0 Å². The van der Waals surface area contributed by atoms with Crippen molar-refractivity contribution >= 4 is 43.6 Å². The Hall–Kier alpha value is -5.30. The zero-order chi connectivity index (χ0) is 33.9. The third-order valence-corrected chi connectivity index (χ3v) is 9.13. The normalized spacial score (nSPS) is 11.2. The van der Waals surface area contributed by atoms with Gasteiger partial charge >= 0.3 is 42.1 Å². The quantitative estimate of drug-likeness (QED) is 0.175. The number of para-hydroxylation sites is 4. The molecule has 0 aliphatic heterocycles. The van der Waals surface area contributed by atoms with E-state index in [1.54, 1.807) is 0 Å². The predicted molar refractivity (Wildman–Crippen MR) is 196 cm³/mol. The molecule has 0 aliphatic rings. The summed E-state index contributed by atoms with van der Waals surface area (Å²) >= 11 is 0. The van der Waals surface area contributed by atoms with Crippen LogP contribution in [0.4, 0.5) is 0 Å². The fourth-order valence-electron chi connectivity index (χ4n) is 6.76. The number of aryl methyl sites for hydroxylation is 4. The third kappa shape index (κ3) is 5.86. The molecule has 12 heteroatoms. The fourth-order valence-corrected chi connectivity index (χ4v) is 6.76. The number of hydrogen-bond acceptors (Lipinski definition) is 4. The first-order valence-corrected chi connectivity index (χ1v) is 16.2. The summed E-state index contributed by atoms with van der Waals surface area (Å²) in [6.07, 6.45) is 17.1. The van der Waals surface area contributed by atoms with Gasteiger partial charge in [-0.25, -0.2) is 9.97 Å². The second kappa shape index (κ2) is 14.0. The standard InChI is InChI=1S/2C20H15N5.2Pt/c2*1-24-11-17(22-12-24)15-7-3-5-13-14-6-4-8-16(19(14)23-18(13)15)20-21-9-10-25(20)2;;/h2*3-8,10-12H,1-2H3;;/q2*-2;2*+2. The number of aromatic nitrogens is 10. The van der Waals surface area contributed by atoms with E-state index in [2.05, 4.69) is 105 Å². The molecule has 10 nitrogen and oxygen atoms in total. The summed E-state index contributed by atoms with van der Waals surface area (Å²) in [6, 6.07) is 25.0. The zero-order valence-corrected chi connectivity index (χ0v) is 33.0. The molecule has 0 saturated heterocycles. The summed E-state index contributed by atoms with van der Waals surface area (Å²) in [4.78, 5) is 27.7. The van der Waals surface area contributed by atoms with Gasteiger partial charge in [0.2, 0.25) is 0 Å². The Bertz CT molecular complexity index is 2650. The van der Waals surface area contributed by atoms with Crippen molar-refractivity contribution in [2.45, 2.75) is 0 Å². The van der Waals surface area contributed by atoms with Gasteiger partial charge in [-0.15, -0.1) is 34.5 Å². The zero-order valence-electron chi connectivity index (χ0n) is 28.5. The van der Waals surface area contributed by atoms with Gasteiger partial charge in [-0.3, -0.25) is 0 Å². The maximum absolute atomic E-state index is 4.98.